The van der Waals surface area contributed by atoms with Gasteiger partial charge in [0.25, 0.3) is 0 Å². The van der Waals surface area contributed by atoms with Crippen LogP contribution in [0.2, 0.25) is 0 Å². The predicted octanol–water partition coefficient (Wildman–Crippen LogP) is 9.13. The summed E-state index contributed by atoms with van der Waals surface area (Å²) in [6.07, 6.45) is 4.02. The maximum Gasteiger partial charge on any atom is 0.119 e. The molecule has 0 aromatic heterocycles. The number of nitrogens with one attached hydrogen (secondary N) is 2. The van der Waals surface area contributed by atoms with E-state index in [2.05, 4.69) is 10.6 Å². The van der Waals surface area contributed by atoms with Crippen LogP contribution in [-0.4, -0.2) is 37.9 Å². The van der Waals surface area contributed by atoms with Gasteiger partial charge in [0.05, 0.1) is 60.6 Å². The lowest BCUT2D eigenvalue weighted by Gasteiger charge is -2.21. The first-order valence-corrected chi connectivity index (χ1v) is 15.6. The molecule has 0 spiro atoms. The van der Waals surface area contributed by atoms with Crippen LogP contribution in [0.25, 0.3) is 0 Å². The van der Waals surface area contributed by atoms with E-state index in [1.807, 2.05) is 137 Å². The van der Waals surface area contributed by atoms with E-state index in [0.29, 0.717) is 26.4 Å². The zero-order chi connectivity index (χ0) is 32.1. The molecule has 8 nitrogen and oxygen atoms in total. The molecule has 0 saturated heterocycles. The van der Waals surface area contributed by atoms with E-state index in [1.54, 1.807) is 0 Å². The smallest absolute Gasteiger partial charge is 0.119 e. The van der Waals surface area contributed by atoms with Crippen LogP contribution in [0, 0.1) is 0 Å². The minimum atomic E-state index is 0.604. The van der Waals surface area contributed by atoms with Gasteiger partial charge in [-0.3, -0.25) is 0 Å². The Labute approximate surface area is 271 Å². The highest BCUT2D eigenvalue weighted by Gasteiger charge is 2.19. The zero-order valence-electron chi connectivity index (χ0n) is 26.7. The van der Waals surface area contributed by atoms with Crippen LogP contribution in [0.1, 0.15) is 27.7 Å². The lowest BCUT2D eigenvalue weighted by Crippen LogP contribution is -2.22. The average Bonchev–Trinajstić information content (AvgIpc) is 3.07. The first kappa shape index (κ1) is 31.9. The molecule has 0 bridgehead atoms. The summed E-state index contributed by atoms with van der Waals surface area (Å²) < 4.78 is 22.6. The van der Waals surface area contributed by atoms with Crippen molar-refractivity contribution in [1.29, 1.82) is 0 Å². The van der Waals surface area contributed by atoms with Crippen LogP contribution < -0.4 is 29.6 Å². The van der Waals surface area contributed by atoms with Crippen molar-refractivity contribution in [2.45, 2.75) is 27.7 Å². The largest absolute Gasteiger partial charge is 0.494 e. The Morgan fingerprint density at radius 3 is 0.978 bits per heavy atom. The van der Waals surface area contributed by atoms with Crippen molar-refractivity contribution in [3.63, 3.8) is 0 Å². The molecular formula is C38H40N4O4. The predicted molar refractivity (Wildman–Crippen MR) is 188 cm³/mol. The average molecular weight is 617 g/mol. The molecule has 0 heterocycles. The molecule has 8 heteroatoms. The van der Waals surface area contributed by atoms with Crippen molar-refractivity contribution in [2.75, 3.05) is 37.1 Å². The first-order chi connectivity index (χ1) is 22.6. The quantitative estimate of drug-likeness (QED) is 0.137. The lowest BCUT2D eigenvalue weighted by atomic mass is 10.0. The van der Waals surface area contributed by atoms with Gasteiger partial charge in [0.15, 0.2) is 0 Å². The number of allylic oxidation sites excluding steroid dienone is 2. The third kappa shape index (κ3) is 8.79. The Bertz CT molecular complexity index is 1560. The maximum atomic E-state index is 5.65. The van der Waals surface area contributed by atoms with Gasteiger partial charge in [0.2, 0.25) is 0 Å². The van der Waals surface area contributed by atoms with E-state index in [4.69, 9.17) is 28.9 Å². The highest BCUT2D eigenvalue weighted by molar-refractivity contribution is 6.26. The summed E-state index contributed by atoms with van der Waals surface area (Å²) in [5.74, 6) is 3.23. The molecule has 2 N–H and O–H groups in total. The van der Waals surface area contributed by atoms with E-state index >= 15 is 0 Å². The molecule has 46 heavy (non-hydrogen) atoms. The number of aliphatic imine (C=N–C) groups is 2. The highest BCUT2D eigenvalue weighted by Crippen LogP contribution is 2.28. The Hall–Kier alpha value is -5.50. The van der Waals surface area contributed by atoms with E-state index in [9.17, 15) is 0 Å². The van der Waals surface area contributed by atoms with E-state index < -0.39 is 0 Å². The fourth-order valence-corrected chi connectivity index (χ4v) is 4.72. The second-order valence-electron chi connectivity index (χ2n) is 10.1. The molecule has 0 saturated carbocycles. The van der Waals surface area contributed by atoms with Crippen LogP contribution in [0.15, 0.2) is 131 Å². The molecule has 4 aromatic rings. The van der Waals surface area contributed by atoms with Crippen molar-refractivity contribution < 1.29 is 18.9 Å². The van der Waals surface area contributed by atoms with Gasteiger partial charge in [-0.25, -0.2) is 9.98 Å². The number of hydrogen-bond acceptors (Lipinski definition) is 8. The normalized spacial score (nSPS) is 14.3. The number of nitrogens with zero attached hydrogens (tertiary/aromatic N) is 2. The summed E-state index contributed by atoms with van der Waals surface area (Å²) in [6.45, 7) is 10.3. The molecule has 4 aromatic carbocycles. The Kier molecular flexibility index (Phi) is 11.1. The minimum Gasteiger partial charge on any atom is -0.494 e. The summed E-state index contributed by atoms with van der Waals surface area (Å²) >= 11 is 0. The zero-order valence-corrected chi connectivity index (χ0v) is 26.7. The van der Waals surface area contributed by atoms with Gasteiger partial charge in [-0.1, -0.05) is 0 Å². The van der Waals surface area contributed by atoms with Crippen molar-refractivity contribution >= 4 is 34.2 Å². The lowest BCUT2D eigenvalue weighted by molar-refractivity contribution is 0.340. The number of anilines is 2. The fraction of sp³-hybridized carbons (Fsp3) is 0.211. The van der Waals surface area contributed by atoms with Gasteiger partial charge in [-0.05, 0) is 137 Å². The molecule has 0 fully saturated rings. The fourth-order valence-electron chi connectivity index (χ4n) is 4.72. The van der Waals surface area contributed by atoms with Crippen molar-refractivity contribution in [2.24, 2.45) is 9.98 Å². The highest BCUT2D eigenvalue weighted by atomic mass is 16.5. The van der Waals surface area contributed by atoms with Crippen molar-refractivity contribution in [3.05, 3.63) is 121 Å². The van der Waals surface area contributed by atoms with E-state index in [1.165, 1.54) is 0 Å². The van der Waals surface area contributed by atoms with Gasteiger partial charge in [0, 0.05) is 11.4 Å². The molecule has 1 aliphatic carbocycles. The molecular weight excluding hydrogens is 576 g/mol. The van der Waals surface area contributed by atoms with Gasteiger partial charge in [0.1, 0.15) is 23.0 Å². The molecule has 0 radical (unpaired) electrons. The number of hydrogen-bond donors (Lipinski definition) is 2. The standard InChI is InChI=1S/C38H40N4O4/c1-5-43-31-17-9-27(10-18-31)39-35-25-37(41-29-13-21-33(22-14-29)45-7-3)38(42-30-15-23-34(24-16-30)46-8-4)26-36(35)40-28-11-19-32(20-12-28)44-6-2/h9-26,39,42H,5-8H2,1-4H3. The first-order valence-electron chi connectivity index (χ1n) is 15.6. The van der Waals surface area contributed by atoms with Crippen LogP contribution in [-0.2, 0) is 0 Å². The van der Waals surface area contributed by atoms with Crippen molar-refractivity contribution in [3.8, 4) is 23.0 Å². The Balaban J connectivity index is 1.56. The number of ether oxygens (including phenoxy) is 4. The topological polar surface area (TPSA) is 85.7 Å². The number of rotatable bonds is 14. The molecule has 0 amide bonds. The SMILES string of the molecule is CCOc1ccc(N=C2C=C(Nc3ccc(OCC)cc3)C(=Nc3ccc(OCC)cc3)C=C2Nc2ccc(OCC)cc2)cc1. The molecule has 1 aliphatic rings. The molecule has 0 aliphatic heterocycles. The summed E-state index contributed by atoms with van der Waals surface area (Å²) in [5, 5.41) is 7.12. The van der Waals surface area contributed by atoms with Crippen LogP contribution in [0.3, 0.4) is 0 Å². The van der Waals surface area contributed by atoms with Gasteiger partial charge in [-0.15, -0.1) is 0 Å². The summed E-state index contributed by atoms with van der Waals surface area (Å²) in [7, 11) is 0. The number of benzene rings is 4. The third-order valence-corrected chi connectivity index (χ3v) is 6.80. The van der Waals surface area contributed by atoms with Crippen LogP contribution in [0.5, 0.6) is 23.0 Å². The monoisotopic (exact) mass is 616 g/mol. The van der Waals surface area contributed by atoms with E-state index in [0.717, 1.165) is 68.6 Å². The second kappa shape index (κ2) is 16.0. The second-order valence-corrected chi connectivity index (χ2v) is 10.1. The minimum absolute atomic E-state index is 0.604. The molecule has 5 rings (SSSR count). The Morgan fingerprint density at radius 2 is 0.696 bits per heavy atom. The molecule has 0 unspecified atom stereocenters. The summed E-state index contributed by atoms with van der Waals surface area (Å²) in [6, 6.07) is 31.2. The van der Waals surface area contributed by atoms with Crippen molar-refractivity contribution in [1.82, 2.24) is 0 Å². The van der Waals surface area contributed by atoms with Gasteiger partial charge in [-0.2, -0.15) is 0 Å². The Morgan fingerprint density at radius 1 is 0.413 bits per heavy atom. The van der Waals surface area contributed by atoms with E-state index in [-0.39, 0.29) is 0 Å². The van der Waals surface area contributed by atoms with Gasteiger partial charge >= 0.3 is 0 Å². The molecule has 0 atom stereocenters. The summed E-state index contributed by atoms with van der Waals surface area (Å²) in [4.78, 5) is 10.1. The van der Waals surface area contributed by atoms with Gasteiger partial charge < -0.3 is 29.6 Å². The third-order valence-electron chi connectivity index (χ3n) is 6.80. The van der Waals surface area contributed by atoms with Crippen LogP contribution in [0.4, 0.5) is 22.7 Å². The van der Waals surface area contributed by atoms with Crippen LogP contribution >= 0.6 is 0 Å². The summed E-state index contributed by atoms with van der Waals surface area (Å²) in [5.41, 5.74) is 6.42. The molecule has 236 valence electrons. The maximum absolute atomic E-state index is 5.65.